The molecule has 0 N–H and O–H groups in total. The second-order valence-electron chi connectivity index (χ2n) is 37.4. The zero-order chi connectivity index (χ0) is 79.8. The zero-order valence-corrected chi connectivity index (χ0v) is 70.0. The molecule has 0 atom stereocenters. The van der Waals surface area contributed by atoms with Crippen molar-refractivity contribution in [3.05, 3.63) is 263 Å². The smallest absolute Gasteiger partial charge is 0.160 e. The third-order valence-corrected chi connectivity index (χ3v) is 25.5. The van der Waals surface area contributed by atoms with E-state index in [0.717, 1.165) is 125 Å². The summed E-state index contributed by atoms with van der Waals surface area (Å²) in [5, 5.41) is 17.7. The Kier molecular flexibility index (Phi) is 18.5. The Labute approximate surface area is 682 Å². The van der Waals surface area contributed by atoms with Crippen LogP contribution in [0.25, 0.3) is 176 Å². The standard InChI is InChI=1S/C56H50N4.C52H54N4/c1-9-33-19-11-13-21-35(33)41-31-43-39(51-53(55(3,4)5)59-47-25-17-15-23-45(47)57-51)30-28-38-42(36-22-14-12-20-34(36)10-2)32-44-40(29-27-37(41)49(44)50(38)43)52-54(56(6,7)8)60-48-26-18-16-24-46(48)58-52;1-51(2,3)47-37-21-13-15-23-43(37)53-49(55-47)35-27-25-33-40(32-19-11-8-12-20-32)30-42-36(50-54-44-24-16-14-22-38(44)48(56-50)52(4,5)6)28-26-34-39(31-17-9-7-10-18-31)29-41(35)45(33)46(34)42/h11-32H,9-10H2,1-8H3;13-16,21-32H,7-12,17-20H2,1-6H3. The molecule has 18 aromatic rings. The van der Waals surface area contributed by atoms with Gasteiger partial charge in [-0.25, -0.2) is 39.9 Å². The molecule has 576 valence electrons. The highest BCUT2D eigenvalue weighted by Crippen LogP contribution is 2.54. The van der Waals surface area contributed by atoms with Crippen LogP contribution in [0.2, 0.25) is 0 Å². The third-order valence-electron chi connectivity index (χ3n) is 25.5. The molecular formula is C108H104N8. The molecule has 2 aliphatic carbocycles. The number of para-hydroxylation sites is 6. The van der Waals surface area contributed by atoms with Crippen molar-refractivity contribution in [1.29, 1.82) is 0 Å². The Morgan fingerprint density at radius 2 is 0.552 bits per heavy atom. The maximum absolute atomic E-state index is 5.49. The molecule has 4 aromatic heterocycles. The summed E-state index contributed by atoms with van der Waals surface area (Å²) in [5.41, 5.74) is 25.9. The van der Waals surface area contributed by atoms with Crippen molar-refractivity contribution in [3.8, 4) is 67.5 Å². The van der Waals surface area contributed by atoms with Gasteiger partial charge in [0.2, 0.25) is 0 Å². The van der Waals surface area contributed by atoms with Gasteiger partial charge in [-0.2, -0.15) is 0 Å². The van der Waals surface area contributed by atoms with Crippen LogP contribution in [0.5, 0.6) is 0 Å². The Bertz CT molecular complexity index is 6510. The van der Waals surface area contributed by atoms with E-state index in [1.165, 1.54) is 173 Å². The lowest BCUT2D eigenvalue weighted by molar-refractivity contribution is 0.445. The van der Waals surface area contributed by atoms with Crippen LogP contribution in [-0.4, -0.2) is 39.9 Å². The SMILES string of the molecule is CC(C)(C)c1nc(-c2ccc3c(C4CCCCC4)cc4c(-c5nc(C(C)(C)C)c6ccccc6n5)ccc5c(C6CCCCC6)cc2c3c45)nc2ccccc12.CCc1ccccc1-c1cc2c(-c3nc4ccccc4nc3C(C)(C)C)ccc3c(-c4ccccc4CC)cc4c(-c5nc6ccccc6nc5C(C)(C)C)ccc1c4c32. The van der Waals surface area contributed by atoms with Gasteiger partial charge < -0.3 is 0 Å². The van der Waals surface area contributed by atoms with Crippen LogP contribution >= 0.6 is 0 Å². The van der Waals surface area contributed by atoms with Gasteiger partial charge in [0.25, 0.3) is 0 Å². The summed E-state index contributed by atoms with van der Waals surface area (Å²) in [6.45, 7) is 31.6. The van der Waals surface area contributed by atoms with Crippen molar-refractivity contribution in [3.63, 3.8) is 0 Å². The summed E-state index contributed by atoms with van der Waals surface area (Å²) in [6, 6.07) is 80.5. The molecule has 0 amide bonds. The van der Waals surface area contributed by atoms with Gasteiger partial charge >= 0.3 is 0 Å². The minimum Gasteiger partial charge on any atom is -0.248 e. The van der Waals surface area contributed by atoms with Crippen LogP contribution in [0, 0.1) is 0 Å². The highest BCUT2D eigenvalue weighted by molar-refractivity contribution is 6.33. The average Bonchev–Trinajstić information content (AvgIpc) is 0.703. The Morgan fingerprint density at radius 3 is 0.922 bits per heavy atom. The first-order valence-corrected chi connectivity index (χ1v) is 42.8. The number of hydrogen-bond acceptors (Lipinski definition) is 8. The normalized spacial score (nSPS) is 14.5. The van der Waals surface area contributed by atoms with E-state index in [9.17, 15) is 0 Å². The molecular weight excluding hydrogens is 1410 g/mol. The monoisotopic (exact) mass is 1510 g/mol. The Hall–Kier alpha value is -11.5. The molecule has 0 aliphatic heterocycles. The molecule has 8 nitrogen and oxygen atoms in total. The van der Waals surface area contributed by atoms with Crippen molar-refractivity contribution < 1.29 is 0 Å². The Balaban J connectivity index is 0.000000155. The molecule has 0 saturated heterocycles. The molecule has 0 spiro atoms. The summed E-state index contributed by atoms with van der Waals surface area (Å²) in [6.07, 6.45) is 14.6. The summed E-state index contributed by atoms with van der Waals surface area (Å²) >= 11 is 0. The van der Waals surface area contributed by atoms with Crippen LogP contribution in [-0.2, 0) is 34.5 Å². The highest BCUT2D eigenvalue weighted by Gasteiger charge is 2.34. The van der Waals surface area contributed by atoms with E-state index < -0.39 is 0 Å². The number of fused-ring (bicyclic) bond motifs is 4. The van der Waals surface area contributed by atoms with Crippen LogP contribution in [0.3, 0.4) is 0 Å². The average molecular weight is 1510 g/mol. The summed E-state index contributed by atoms with van der Waals surface area (Å²) in [7, 11) is 0. The lowest BCUT2D eigenvalue weighted by Gasteiger charge is -2.29. The van der Waals surface area contributed by atoms with E-state index in [0.29, 0.717) is 11.8 Å². The van der Waals surface area contributed by atoms with Crippen LogP contribution in [0.1, 0.15) is 218 Å². The fraction of sp³-hybridized carbons (Fsp3) is 0.296. The van der Waals surface area contributed by atoms with E-state index in [4.69, 9.17) is 39.9 Å². The molecule has 4 heterocycles. The van der Waals surface area contributed by atoms with E-state index in [-0.39, 0.29) is 21.7 Å². The quantitative estimate of drug-likeness (QED) is 0.125. The second-order valence-corrected chi connectivity index (χ2v) is 37.4. The lowest BCUT2D eigenvalue weighted by Crippen LogP contribution is -2.17. The molecule has 14 aromatic carbocycles. The topological polar surface area (TPSA) is 103 Å². The summed E-state index contributed by atoms with van der Waals surface area (Å²) < 4.78 is 0. The van der Waals surface area contributed by atoms with Crippen molar-refractivity contribution >= 4 is 109 Å². The van der Waals surface area contributed by atoms with Gasteiger partial charge in [0.15, 0.2) is 11.6 Å². The molecule has 8 heteroatoms. The van der Waals surface area contributed by atoms with Crippen molar-refractivity contribution in [1.82, 2.24) is 39.9 Å². The van der Waals surface area contributed by atoms with Crippen LogP contribution < -0.4 is 0 Å². The van der Waals surface area contributed by atoms with Crippen LogP contribution in [0.15, 0.2) is 218 Å². The first-order valence-electron chi connectivity index (χ1n) is 42.8. The van der Waals surface area contributed by atoms with Gasteiger partial charge in [-0.1, -0.05) is 281 Å². The molecule has 0 radical (unpaired) electrons. The predicted molar refractivity (Wildman–Crippen MR) is 491 cm³/mol. The molecule has 2 saturated carbocycles. The van der Waals surface area contributed by atoms with E-state index in [1.54, 1.807) is 0 Å². The third kappa shape index (κ3) is 12.9. The van der Waals surface area contributed by atoms with Crippen molar-refractivity contribution in [2.75, 3.05) is 0 Å². The van der Waals surface area contributed by atoms with E-state index in [2.05, 4.69) is 315 Å². The Morgan fingerprint density at radius 1 is 0.241 bits per heavy atom. The van der Waals surface area contributed by atoms with Gasteiger partial charge in [-0.15, -0.1) is 0 Å². The van der Waals surface area contributed by atoms with E-state index >= 15 is 0 Å². The van der Waals surface area contributed by atoms with Gasteiger partial charge in [-0.3, -0.25) is 0 Å². The lowest BCUT2D eigenvalue weighted by atomic mass is 9.76. The largest absolute Gasteiger partial charge is 0.248 e. The number of aromatic nitrogens is 8. The van der Waals surface area contributed by atoms with Gasteiger partial charge in [0.1, 0.15) is 0 Å². The summed E-state index contributed by atoms with van der Waals surface area (Å²) in [4.78, 5) is 43.4. The zero-order valence-electron chi connectivity index (χ0n) is 70.0. The number of benzene rings is 14. The first-order chi connectivity index (χ1) is 56.0. The van der Waals surface area contributed by atoms with Gasteiger partial charge in [-0.05, 0) is 232 Å². The number of nitrogens with zero attached hydrogens (tertiary/aromatic N) is 8. The molecule has 20 rings (SSSR count). The number of rotatable bonds is 10. The highest BCUT2D eigenvalue weighted by atomic mass is 14.9. The van der Waals surface area contributed by atoms with Gasteiger partial charge in [0.05, 0.1) is 67.3 Å². The number of hydrogen-bond donors (Lipinski definition) is 0. The summed E-state index contributed by atoms with van der Waals surface area (Å²) in [5.74, 6) is 2.71. The molecule has 0 unspecified atom stereocenters. The number of aryl methyl sites for hydroxylation is 2. The molecule has 0 bridgehead atoms. The second kappa shape index (κ2) is 28.8. The fourth-order valence-corrected chi connectivity index (χ4v) is 19.9. The van der Waals surface area contributed by atoms with Crippen LogP contribution in [0.4, 0.5) is 0 Å². The maximum atomic E-state index is 5.49. The van der Waals surface area contributed by atoms with Crippen molar-refractivity contribution in [2.45, 2.75) is 207 Å². The van der Waals surface area contributed by atoms with Crippen molar-refractivity contribution in [2.24, 2.45) is 0 Å². The van der Waals surface area contributed by atoms with E-state index in [1.807, 2.05) is 0 Å². The maximum Gasteiger partial charge on any atom is 0.160 e. The fourth-order valence-electron chi connectivity index (χ4n) is 19.9. The minimum absolute atomic E-state index is 0.136. The minimum atomic E-state index is -0.259. The van der Waals surface area contributed by atoms with Gasteiger partial charge in [0, 0.05) is 54.7 Å². The predicted octanol–water partition coefficient (Wildman–Crippen LogP) is 29.4. The molecule has 2 fully saturated rings. The molecule has 2 aliphatic rings. The first kappa shape index (κ1) is 74.6. The molecule has 116 heavy (non-hydrogen) atoms.